The van der Waals surface area contributed by atoms with E-state index in [-0.39, 0.29) is 12.3 Å². The van der Waals surface area contributed by atoms with Gasteiger partial charge in [-0.1, -0.05) is 48.5 Å². The molecule has 0 aliphatic carbocycles. The fourth-order valence-corrected chi connectivity index (χ4v) is 3.60. The number of aryl methyl sites for hydroxylation is 1. The highest BCUT2D eigenvalue weighted by Gasteiger charge is 2.15. The van der Waals surface area contributed by atoms with Gasteiger partial charge in [-0.15, -0.1) is 11.3 Å². The number of benzene rings is 2. The van der Waals surface area contributed by atoms with E-state index in [4.69, 9.17) is 9.15 Å². The highest BCUT2D eigenvalue weighted by Crippen LogP contribution is 2.26. The lowest BCUT2D eigenvalue weighted by Gasteiger charge is -2.08. The Bertz CT molecular complexity index is 1090. The number of thiophene rings is 1. The molecule has 0 aliphatic heterocycles. The lowest BCUT2D eigenvalue weighted by molar-refractivity contribution is -0.120. The summed E-state index contributed by atoms with van der Waals surface area (Å²) in [7, 11) is 0. The fraction of sp³-hybridized carbons (Fsp3) is 0.167. The second-order valence-electron chi connectivity index (χ2n) is 6.87. The van der Waals surface area contributed by atoms with Crippen LogP contribution in [0.3, 0.4) is 0 Å². The lowest BCUT2D eigenvalue weighted by atomic mass is 10.1. The molecule has 0 radical (unpaired) electrons. The predicted octanol–water partition coefficient (Wildman–Crippen LogP) is 5.15. The molecule has 5 nitrogen and oxygen atoms in total. The van der Waals surface area contributed by atoms with Crippen molar-refractivity contribution >= 4 is 17.2 Å². The van der Waals surface area contributed by atoms with Crippen LogP contribution >= 0.6 is 11.3 Å². The Morgan fingerprint density at radius 3 is 2.53 bits per heavy atom. The van der Waals surface area contributed by atoms with Crippen LogP contribution in [-0.4, -0.2) is 10.9 Å². The number of carbonyl (C=O) groups is 1. The average Bonchev–Trinajstić information content (AvgIpc) is 3.43. The van der Waals surface area contributed by atoms with Crippen molar-refractivity contribution in [2.45, 2.75) is 26.5 Å². The summed E-state index contributed by atoms with van der Waals surface area (Å²) in [5.41, 5.74) is 2.78. The normalized spacial score (nSPS) is 10.7. The topological polar surface area (TPSA) is 64.4 Å². The molecule has 0 saturated heterocycles. The van der Waals surface area contributed by atoms with Crippen LogP contribution in [0.4, 0.5) is 0 Å². The largest absolute Gasteiger partial charge is 0.489 e. The zero-order valence-electron chi connectivity index (χ0n) is 16.6. The van der Waals surface area contributed by atoms with Crippen molar-refractivity contribution in [1.82, 2.24) is 10.3 Å². The molecule has 4 rings (SSSR count). The molecule has 4 aromatic rings. The van der Waals surface area contributed by atoms with E-state index in [9.17, 15) is 4.79 Å². The molecule has 0 unspecified atom stereocenters. The summed E-state index contributed by atoms with van der Waals surface area (Å²) in [5.74, 6) is 2.01. The molecule has 0 fully saturated rings. The Kier molecular flexibility index (Phi) is 6.25. The first-order valence-electron chi connectivity index (χ1n) is 9.70. The maximum Gasteiger partial charge on any atom is 0.236 e. The van der Waals surface area contributed by atoms with Gasteiger partial charge in [0.05, 0.1) is 17.0 Å². The number of hydrogen-bond donors (Lipinski definition) is 1. The molecule has 0 saturated carbocycles. The third-order valence-electron chi connectivity index (χ3n) is 4.61. The molecule has 0 bridgehead atoms. The van der Waals surface area contributed by atoms with Crippen molar-refractivity contribution in [3.05, 3.63) is 94.7 Å². The van der Waals surface area contributed by atoms with E-state index in [1.165, 1.54) is 0 Å². The van der Waals surface area contributed by atoms with Crippen LogP contribution in [0.1, 0.15) is 22.6 Å². The maximum absolute atomic E-state index is 12.3. The van der Waals surface area contributed by atoms with Crippen molar-refractivity contribution in [2.24, 2.45) is 0 Å². The molecule has 1 amide bonds. The summed E-state index contributed by atoms with van der Waals surface area (Å²) >= 11 is 1.56. The molecule has 2 aromatic carbocycles. The van der Waals surface area contributed by atoms with E-state index in [1.807, 2.05) is 79.0 Å². The number of carbonyl (C=O) groups excluding carboxylic acids is 1. The number of nitrogens with one attached hydrogen (secondary N) is 1. The summed E-state index contributed by atoms with van der Waals surface area (Å²) in [6, 6.07) is 21.7. The first-order valence-corrected chi connectivity index (χ1v) is 10.6. The van der Waals surface area contributed by atoms with Gasteiger partial charge in [0.1, 0.15) is 18.1 Å². The quantitative estimate of drug-likeness (QED) is 0.430. The molecule has 6 heteroatoms. The average molecular weight is 419 g/mol. The summed E-state index contributed by atoms with van der Waals surface area (Å²) in [6.07, 6.45) is 0.198. The van der Waals surface area contributed by atoms with Gasteiger partial charge in [-0.3, -0.25) is 4.79 Å². The Labute approximate surface area is 179 Å². The molecule has 0 aliphatic rings. The van der Waals surface area contributed by atoms with Crippen molar-refractivity contribution in [3.63, 3.8) is 0 Å². The molecule has 2 heterocycles. The van der Waals surface area contributed by atoms with Crippen LogP contribution < -0.4 is 10.1 Å². The number of rotatable bonds is 8. The van der Waals surface area contributed by atoms with E-state index >= 15 is 0 Å². The number of hydrogen-bond acceptors (Lipinski definition) is 5. The number of ether oxygens (including phenoxy) is 1. The summed E-state index contributed by atoms with van der Waals surface area (Å²) in [4.78, 5) is 17.8. The van der Waals surface area contributed by atoms with Crippen molar-refractivity contribution in [2.75, 3.05) is 0 Å². The first kappa shape index (κ1) is 19.9. The number of para-hydroxylation sites is 1. The van der Waals surface area contributed by atoms with Crippen LogP contribution in [0.5, 0.6) is 5.75 Å². The van der Waals surface area contributed by atoms with Gasteiger partial charge < -0.3 is 14.5 Å². The summed E-state index contributed by atoms with van der Waals surface area (Å²) < 4.78 is 11.4. The summed E-state index contributed by atoms with van der Waals surface area (Å²) in [5, 5.41) is 4.92. The van der Waals surface area contributed by atoms with Gasteiger partial charge in [-0.2, -0.15) is 0 Å². The van der Waals surface area contributed by atoms with Gasteiger partial charge in [0.2, 0.25) is 11.8 Å². The number of nitrogens with zero attached hydrogens (tertiary/aromatic N) is 1. The van der Waals surface area contributed by atoms with Crippen LogP contribution in [0, 0.1) is 6.92 Å². The van der Waals surface area contributed by atoms with E-state index in [0.717, 1.165) is 21.8 Å². The minimum absolute atomic E-state index is 0.0828. The molecular formula is C24H22N2O3S. The zero-order valence-corrected chi connectivity index (χ0v) is 17.4. The van der Waals surface area contributed by atoms with Gasteiger partial charge in [0.25, 0.3) is 0 Å². The van der Waals surface area contributed by atoms with Gasteiger partial charge in [-0.25, -0.2) is 4.98 Å². The van der Waals surface area contributed by atoms with Crippen LogP contribution in [0.25, 0.3) is 10.8 Å². The van der Waals surface area contributed by atoms with Crippen LogP contribution in [0.2, 0.25) is 0 Å². The fourth-order valence-electron chi connectivity index (χ4n) is 2.95. The number of amides is 1. The first-order chi connectivity index (χ1) is 14.7. The second kappa shape index (κ2) is 9.41. The Hall–Kier alpha value is -3.38. The molecule has 152 valence electrons. The van der Waals surface area contributed by atoms with Crippen molar-refractivity contribution < 1.29 is 13.9 Å². The minimum atomic E-state index is -0.0828. The van der Waals surface area contributed by atoms with Gasteiger partial charge >= 0.3 is 0 Å². The van der Waals surface area contributed by atoms with E-state index in [1.54, 1.807) is 11.3 Å². The van der Waals surface area contributed by atoms with Gasteiger partial charge in [0, 0.05) is 6.54 Å². The SMILES string of the molecule is Cc1oc(-c2cccs2)nc1CC(=O)NCc1ccc(COc2ccccc2)cc1. The van der Waals surface area contributed by atoms with E-state index in [0.29, 0.717) is 30.5 Å². The molecule has 1 N–H and O–H groups in total. The monoisotopic (exact) mass is 418 g/mol. The van der Waals surface area contributed by atoms with E-state index in [2.05, 4.69) is 10.3 Å². The van der Waals surface area contributed by atoms with Crippen LogP contribution in [0.15, 0.2) is 76.5 Å². The lowest BCUT2D eigenvalue weighted by Crippen LogP contribution is -2.24. The third-order valence-corrected chi connectivity index (χ3v) is 5.47. The molecule has 30 heavy (non-hydrogen) atoms. The van der Waals surface area contributed by atoms with Crippen molar-refractivity contribution in [1.29, 1.82) is 0 Å². The maximum atomic E-state index is 12.3. The molecular weight excluding hydrogens is 396 g/mol. The van der Waals surface area contributed by atoms with E-state index < -0.39 is 0 Å². The predicted molar refractivity (Wildman–Crippen MR) is 117 cm³/mol. The minimum Gasteiger partial charge on any atom is -0.489 e. The van der Waals surface area contributed by atoms with Crippen molar-refractivity contribution in [3.8, 4) is 16.5 Å². The third kappa shape index (κ3) is 5.15. The smallest absolute Gasteiger partial charge is 0.236 e. The molecule has 0 atom stereocenters. The Morgan fingerprint density at radius 1 is 1.03 bits per heavy atom. The highest BCUT2D eigenvalue weighted by atomic mass is 32.1. The number of aromatic nitrogens is 1. The molecule has 0 spiro atoms. The van der Waals surface area contributed by atoms with Gasteiger partial charge in [0.15, 0.2) is 0 Å². The Balaban J connectivity index is 1.27. The highest BCUT2D eigenvalue weighted by molar-refractivity contribution is 7.13. The molecule has 2 aromatic heterocycles. The Morgan fingerprint density at radius 2 is 1.80 bits per heavy atom. The zero-order chi connectivity index (χ0) is 20.8. The van der Waals surface area contributed by atoms with Crippen LogP contribution in [-0.2, 0) is 24.4 Å². The van der Waals surface area contributed by atoms with Gasteiger partial charge in [-0.05, 0) is 41.6 Å². The second-order valence-corrected chi connectivity index (χ2v) is 7.82. The number of oxazole rings is 1. The standard InChI is InChI=1S/C24H22N2O3S/c1-17-21(26-24(29-17)22-8-5-13-30-22)14-23(27)25-15-18-9-11-19(12-10-18)16-28-20-6-3-2-4-7-20/h2-13H,14-16H2,1H3,(H,25,27). The summed E-state index contributed by atoms with van der Waals surface area (Å²) in [6.45, 7) is 2.81.